The van der Waals surface area contributed by atoms with E-state index in [0.717, 1.165) is 29.8 Å². The summed E-state index contributed by atoms with van der Waals surface area (Å²) in [5.74, 6) is 0.993. The Kier molecular flexibility index (Phi) is 5.37. The molecule has 2 saturated heterocycles. The summed E-state index contributed by atoms with van der Waals surface area (Å²) in [7, 11) is 3.95. The van der Waals surface area contributed by atoms with Crippen molar-refractivity contribution in [2.24, 2.45) is 7.05 Å². The van der Waals surface area contributed by atoms with Crippen LogP contribution in [-0.2, 0) is 7.05 Å². The fourth-order valence-corrected chi connectivity index (χ4v) is 6.02. The van der Waals surface area contributed by atoms with Crippen molar-refractivity contribution < 1.29 is 5.11 Å². The van der Waals surface area contributed by atoms with Gasteiger partial charge in [0.15, 0.2) is 5.82 Å². The summed E-state index contributed by atoms with van der Waals surface area (Å²) in [6.07, 6.45) is 7.79. The summed E-state index contributed by atoms with van der Waals surface area (Å²) in [4.78, 5) is 2.27. The third-order valence-electron chi connectivity index (χ3n) is 7.72. The number of benzene rings is 1. The maximum atomic E-state index is 10.7. The van der Waals surface area contributed by atoms with E-state index >= 15 is 0 Å². The van der Waals surface area contributed by atoms with Crippen molar-refractivity contribution in [1.82, 2.24) is 20.1 Å². The summed E-state index contributed by atoms with van der Waals surface area (Å²) in [5.41, 5.74) is 3.94. The Bertz CT molecular complexity index is 1240. The predicted molar refractivity (Wildman–Crippen MR) is 133 cm³/mol. The van der Waals surface area contributed by atoms with Crippen molar-refractivity contribution in [3.8, 4) is 34.2 Å². The molecule has 7 nitrogen and oxygen atoms in total. The number of nitrogens with zero attached hydrogens (tertiary/aromatic N) is 5. The Morgan fingerprint density at radius 2 is 1.82 bits per heavy atom. The molecule has 1 unspecified atom stereocenters. The van der Waals surface area contributed by atoms with Gasteiger partial charge in [-0.15, -0.1) is 10.2 Å². The number of aryl methyl sites for hydroxylation is 1. The van der Waals surface area contributed by atoms with Crippen LogP contribution in [0, 0.1) is 11.3 Å². The van der Waals surface area contributed by atoms with Crippen LogP contribution in [0.15, 0.2) is 42.6 Å². The van der Waals surface area contributed by atoms with Crippen molar-refractivity contribution in [3.05, 3.63) is 48.3 Å². The van der Waals surface area contributed by atoms with E-state index in [1.165, 1.54) is 19.3 Å². The molecule has 34 heavy (non-hydrogen) atoms. The van der Waals surface area contributed by atoms with Crippen LogP contribution in [0.4, 0.5) is 5.82 Å². The van der Waals surface area contributed by atoms with Gasteiger partial charge in [0, 0.05) is 48.5 Å². The summed E-state index contributed by atoms with van der Waals surface area (Å²) in [6, 6.07) is 13.8. The Morgan fingerprint density at radius 3 is 2.41 bits per heavy atom. The molecule has 2 N–H and O–H groups in total. The van der Waals surface area contributed by atoms with Crippen molar-refractivity contribution in [2.75, 3.05) is 11.9 Å². The number of phenolic OH excluding ortho intramolecular Hbond substituents is 1. The van der Waals surface area contributed by atoms with Crippen LogP contribution in [0.25, 0.3) is 22.4 Å². The first kappa shape index (κ1) is 22.4. The molecule has 176 valence electrons. The largest absolute Gasteiger partial charge is 0.507 e. The van der Waals surface area contributed by atoms with E-state index < -0.39 is 0 Å². The molecule has 0 aliphatic carbocycles. The summed E-state index contributed by atoms with van der Waals surface area (Å²) in [5, 5.41) is 32.8. The zero-order chi connectivity index (χ0) is 24.1. The van der Waals surface area contributed by atoms with E-state index in [4.69, 9.17) is 0 Å². The zero-order valence-corrected chi connectivity index (χ0v) is 20.3. The number of nitriles is 1. The Morgan fingerprint density at radius 1 is 1.09 bits per heavy atom. The lowest BCUT2D eigenvalue weighted by atomic mass is 9.69. The molecule has 0 spiro atoms. The highest BCUT2D eigenvalue weighted by Gasteiger charge is 2.46. The minimum atomic E-state index is 0.141. The highest BCUT2D eigenvalue weighted by molar-refractivity contribution is 5.74. The molecule has 2 aromatic heterocycles. The molecule has 2 aliphatic rings. The number of rotatable bonds is 4. The average molecular weight is 457 g/mol. The highest BCUT2D eigenvalue weighted by Crippen LogP contribution is 2.42. The molecule has 0 saturated carbocycles. The van der Waals surface area contributed by atoms with Gasteiger partial charge in [-0.2, -0.15) is 5.26 Å². The summed E-state index contributed by atoms with van der Waals surface area (Å²) >= 11 is 0. The van der Waals surface area contributed by atoms with E-state index in [1.54, 1.807) is 10.6 Å². The van der Waals surface area contributed by atoms with E-state index in [0.29, 0.717) is 23.0 Å². The molecule has 5 rings (SSSR count). The molecule has 1 aromatic carbocycles. The lowest BCUT2D eigenvalue weighted by Gasteiger charge is -2.55. The molecule has 2 bridgehead atoms. The number of aromatic hydroxyl groups is 1. The van der Waals surface area contributed by atoms with Gasteiger partial charge >= 0.3 is 0 Å². The maximum absolute atomic E-state index is 10.7. The minimum absolute atomic E-state index is 0.141. The van der Waals surface area contributed by atoms with Crippen LogP contribution in [0.2, 0.25) is 0 Å². The van der Waals surface area contributed by atoms with E-state index in [9.17, 15) is 10.4 Å². The first-order valence-electron chi connectivity index (χ1n) is 11.9. The van der Waals surface area contributed by atoms with Gasteiger partial charge in [-0.25, -0.2) is 0 Å². The Labute approximate surface area is 201 Å². The minimum Gasteiger partial charge on any atom is -0.507 e. The zero-order valence-electron chi connectivity index (χ0n) is 20.3. The molecule has 3 atom stereocenters. The number of hydrogen-bond acceptors (Lipinski definition) is 6. The molecule has 7 heteroatoms. The van der Waals surface area contributed by atoms with Gasteiger partial charge in [0.05, 0.1) is 5.69 Å². The smallest absolute Gasteiger partial charge is 0.151 e. The predicted octanol–water partition coefficient (Wildman–Crippen LogP) is 4.62. The number of fused-ring (bicyclic) bond motifs is 2. The second kappa shape index (κ2) is 8.14. The van der Waals surface area contributed by atoms with Gasteiger partial charge in [-0.3, -0.25) is 0 Å². The van der Waals surface area contributed by atoms with E-state index in [2.05, 4.69) is 47.4 Å². The van der Waals surface area contributed by atoms with Crippen molar-refractivity contribution in [3.63, 3.8) is 0 Å². The molecule has 2 aliphatic heterocycles. The topological polar surface area (TPSA) is 90.0 Å². The standard InChI is InChI=1S/C27H32N6O/c1-26-10-5-11-27(2,31-26)15-21(14-26)33(4)25-9-8-23(29-30-25)22-7-6-18(13-24(22)34)19-12-20(16-28)32(3)17-19/h6-9,12-13,17,21,31,34H,5,10-11,14-15H2,1-4H3/t21?,26-,27+. The van der Waals surface area contributed by atoms with Crippen LogP contribution in [-0.4, -0.2) is 44.0 Å². The molecule has 4 heterocycles. The van der Waals surface area contributed by atoms with Gasteiger partial charge in [-0.05, 0) is 81.8 Å². The number of nitrogens with one attached hydrogen (secondary N) is 1. The average Bonchev–Trinajstić information content (AvgIpc) is 3.18. The van der Waals surface area contributed by atoms with Crippen LogP contribution < -0.4 is 10.2 Å². The van der Waals surface area contributed by atoms with Crippen molar-refractivity contribution >= 4 is 5.82 Å². The van der Waals surface area contributed by atoms with Gasteiger partial charge in [-0.1, -0.05) is 6.07 Å². The van der Waals surface area contributed by atoms with Gasteiger partial charge < -0.3 is 19.9 Å². The number of anilines is 1. The van der Waals surface area contributed by atoms with E-state index in [1.807, 2.05) is 43.6 Å². The SMILES string of the molecule is CN(c1ccc(-c2ccc(-c3cc(C#N)n(C)c3)cc2O)nn1)C1C[C@]2(C)CCC[C@](C)(C1)N2. The molecule has 0 amide bonds. The molecule has 0 radical (unpaired) electrons. The first-order valence-corrected chi connectivity index (χ1v) is 11.9. The van der Waals surface area contributed by atoms with Crippen LogP contribution in [0.1, 0.15) is 51.6 Å². The molecular formula is C27H32N6O. The third kappa shape index (κ3) is 4.03. The molecular weight excluding hydrogens is 424 g/mol. The van der Waals surface area contributed by atoms with Crippen LogP contribution >= 0.6 is 0 Å². The van der Waals surface area contributed by atoms with Crippen molar-refractivity contribution in [2.45, 2.75) is 63.1 Å². The normalized spacial score (nSPS) is 26.1. The van der Waals surface area contributed by atoms with Gasteiger partial charge in [0.25, 0.3) is 0 Å². The molecule has 3 aromatic rings. The Hall–Kier alpha value is -3.37. The van der Waals surface area contributed by atoms with Gasteiger partial charge in [0.1, 0.15) is 17.5 Å². The second-order valence-electron chi connectivity index (χ2n) is 10.6. The van der Waals surface area contributed by atoms with Crippen LogP contribution in [0.3, 0.4) is 0 Å². The lowest BCUT2D eigenvalue weighted by Crippen LogP contribution is -2.66. The Balaban J connectivity index is 1.35. The highest BCUT2D eigenvalue weighted by atomic mass is 16.3. The maximum Gasteiger partial charge on any atom is 0.151 e. The number of hydrogen-bond donors (Lipinski definition) is 2. The molecule has 2 fully saturated rings. The monoisotopic (exact) mass is 456 g/mol. The van der Waals surface area contributed by atoms with E-state index in [-0.39, 0.29) is 16.8 Å². The quantitative estimate of drug-likeness (QED) is 0.596. The summed E-state index contributed by atoms with van der Waals surface area (Å²) < 4.78 is 1.78. The number of aromatic nitrogens is 3. The number of phenols is 1. The van der Waals surface area contributed by atoms with Gasteiger partial charge in [0.2, 0.25) is 0 Å². The lowest BCUT2D eigenvalue weighted by molar-refractivity contribution is 0.0784. The van der Waals surface area contributed by atoms with Crippen LogP contribution in [0.5, 0.6) is 5.75 Å². The fourth-order valence-electron chi connectivity index (χ4n) is 6.02. The number of piperidine rings is 2. The third-order valence-corrected chi connectivity index (χ3v) is 7.72. The van der Waals surface area contributed by atoms with Crippen molar-refractivity contribution in [1.29, 1.82) is 5.26 Å². The fraction of sp³-hybridized carbons (Fsp3) is 0.444. The first-order chi connectivity index (χ1) is 16.2. The summed E-state index contributed by atoms with van der Waals surface area (Å²) in [6.45, 7) is 4.70. The second-order valence-corrected chi connectivity index (χ2v) is 10.6.